The number of hydrogen-bond donors (Lipinski definition) is 3. The first-order chi connectivity index (χ1) is 12.5. The molecule has 26 heavy (non-hydrogen) atoms. The molecule has 3 N–H and O–H groups in total. The normalized spacial score (nSPS) is 18.0. The Hall–Kier alpha value is -2.80. The van der Waals surface area contributed by atoms with Crippen LogP contribution in [0.5, 0.6) is 0 Å². The van der Waals surface area contributed by atoms with Gasteiger partial charge in [0.2, 0.25) is 5.96 Å². The van der Waals surface area contributed by atoms with Gasteiger partial charge in [-0.25, -0.2) is 0 Å². The van der Waals surface area contributed by atoms with E-state index in [1.54, 1.807) is 44.3 Å². The second-order valence-corrected chi connectivity index (χ2v) is 5.66. The van der Waals surface area contributed by atoms with E-state index in [9.17, 15) is 0 Å². The molecule has 1 heterocycles. The highest BCUT2D eigenvalue weighted by Gasteiger charge is 2.26. The van der Waals surface area contributed by atoms with Crippen molar-refractivity contribution in [3.63, 3.8) is 0 Å². The standard InChI is InChI=1S/C19H29N5O2/c1-6-7-16(9-12-25)14-17-8-10-24(15(2)21-3)18(17)22-19(20)23(4)11-13-26-5/h6-7,9,12,14,20-21,25H,1-2,8,10-11,13H2,3-5H3/b12-9+,16-7+,17-14+,20-19?,22-18+. The topological polar surface area (TPSA) is 84.2 Å². The van der Waals surface area contributed by atoms with Crippen molar-refractivity contribution in [3.05, 3.63) is 60.7 Å². The summed E-state index contributed by atoms with van der Waals surface area (Å²) < 4.78 is 5.06. The molecule has 0 bridgehead atoms. The van der Waals surface area contributed by atoms with Gasteiger partial charge in [0.25, 0.3) is 0 Å². The molecule has 142 valence electrons. The smallest absolute Gasteiger partial charge is 0.219 e. The molecule has 0 aromatic heterocycles. The van der Waals surface area contributed by atoms with Gasteiger partial charge in [-0.15, -0.1) is 0 Å². The molecule has 1 aliphatic heterocycles. The molecular weight excluding hydrogens is 330 g/mol. The molecule has 0 aromatic carbocycles. The highest BCUT2D eigenvalue weighted by atomic mass is 16.5. The first-order valence-electron chi connectivity index (χ1n) is 8.34. The highest BCUT2D eigenvalue weighted by molar-refractivity contribution is 6.07. The van der Waals surface area contributed by atoms with Crippen LogP contribution < -0.4 is 5.32 Å². The zero-order valence-electron chi connectivity index (χ0n) is 15.8. The monoisotopic (exact) mass is 359 g/mol. The van der Waals surface area contributed by atoms with Crippen molar-refractivity contribution in [1.82, 2.24) is 15.1 Å². The molecule has 7 nitrogen and oxygen atoms in total. The quantitative estimate of drug-likeness (QED) is 0.268. The number of hydrogen-bond acceptors (Lipinski definition) is 4. The summed E-state index contributed by atoms with van der Waals surface area (Å²) in [5.41, 5.74) is 1.75. The largest absolute Gasteiger partial charge is 0.516 e. The van der Waals surface area contributed by atoms with E-state index < -0.39 is 0 Å². The van der Waals surface area contributed by atoms with Crippen molar-refractivity contribution >= 4 is 11.8 Å². The molecule has 0 unspecified atom stereocenters. The number of likely N-dealkylation sites (tertiary alicyclic amines) is 1. The maximum absolute atomic E-state index is 9.08. The lowest BCUT2D eigenvalue weighted by atomic mass is 10.1. The molecule has 1 saturated heterocycles. The van der Waals surface area contributed by atoms with E-state index in [2.05, 4.69) is 23.5 Å². The third-order valence-corrected chi connectivity index (χ3v) is 3.88. The van der Waals surface area contributed by atoms with E-state index in [1.807, 2.05) is 11.0 Å². The second kappa shape index (κ2) is 10.9. The van der Waals surface area contributed by atoms with Gasteiger partial charge in [0.15, 0.2) is 0 Å². The van der Waals surface area contributed by atoms with E-state index in [1.165, 1.54) is 0 Å². The van der Waals surface area contributed by atoms with E-state index in [-0.39, 0.29) is 5.96 Å². The van der Waals surface area contributed by atoms with Gasteiger partial charge in [0.05, 0.1) is 18.7 Å². The minimum atomic E-state index is 0.144. The van der Waals surface area contributed by atoms with Crippen LogP contribution in [0.3, 0.4) is 0 Å². The van der Waals surface area contributed by atoms with Gasteiger partial charge in [-0.3, -0.25) is 5.41 Å². The summed E-state index contributed by atoms with van der Waals surface area (Å²) in [6.45, 7) is 9.51. The van der Waals surface area contributed by atoms with E-state index in [4.69, 9.17) is 15.3 Å². The molecule has 0 atom stereocenters. The predicted octanol–water partition coefficient (Wildman–Crippen LogP) is 2.40. The zero-order chi connectivity index (χ0) is 19.5. The highest BCUT2D eigenvalue weighted by Crippen LogP contribution is 2.23. The molecule has 7 heteroatoms. The number of aliphatic hydroxyl groups excluding tert-OH is 1. The second-order valence-electron chi connectivity index (χ2n) is 5.66. The molecule has 0 amide bonds. The first-order valence-corrected chi connectivity index (χ1v) is 8.34. The van der Waals surface area contributed by atoms with Gasteiger partial charge in [0.1, 0.15) is 5.84 Å². The van der Waals surface area contributed by atoms with Gasteiger partial charge in [-0.2, -0.15) is 4.99 Å². The number of rotatable bonds is 8. The third-order valence-electron chi connectivity index (χ3n) is 3.88. The Bertz CT molecular complexity index is 646. The van der Waals surface area contributed by atoms with E-state index in [0.717, 1.165) is 23.8 Å². The van der Waals surface area contributed by atoms with E-state index >= 15 is 0 Å². The maximum atomic E-state index is 9.08. The summed E-state index contributed by atoms with van der Waals surface area (Å²) in [7, 11) is 5.23. The van der Waals surface area contributed by atoms with Crippen molar-refractivity contribution in [2.24, 2.45) is 4.99 Å². The van der Waals surface area contributed by atoms with Crippen LogP contribution in [0.15, 0.2) is 65.7 Å². The number of nitrogens with one attached hydrogen (secondary N) is 2. The lowest BCUT2D eigenvalue weighted by Crippen LogP contribution is -2.34. The molecule has 1 fully saturated rings. The number of guanidine groups is 1. The Morgan fingerprint density at radius 2 is 2.27 bits per heavy atom. The molecule has 0 aromatic rings. The molecule has 0 aliphatic carbocycles. The number of allylic oxidation sites excluding steroid dienone is 5. The summed E-state index contributed by atoms with van der Waals surface area (Å²) in [6, 6.07) is 0. The lowest BCUT2D eigenvalue weighted by Gasteiger charge is -2.23. The number of aliphatic imine (C=N–C) groups is 1. The Morgan fingerprint density at radius 3 is 2.85 bits per heavy atom. The van der Waals surface area contributed by atoms with Crippen molar-refractivity contribution in [1.29, 1.82) is 5.41 Å². The summed E-state index contributed by atoms with van der Waals surface area (Å²) in [6.07, 6.45) is 8.70. The molecule has 0 radical (unpaired) electrons. The van der Waals surface area contributed by atoms with Crippen molar-refractivity contribution in [2.45, 2.75) is 6.42 Å². The van der Waals surface area contributed by atoms with Crippen LogP contribution in [0.4, 0.5) is 0 Å². The van der Waals surface area contributed by atoms with Crippen molar-refractivity contribution in [3.8, 4) is 0 Å². The number of aliphatic hydroxyl groups is 1. The number of likely N-dealkylation sites (N-methyl/N-ethyl adjacent to an activating group) is 1. The number of amidine groups is 1. The van der Waals surface area contributed by atoms with Crippen molar-refractivity contribution < 1.29 is 9.84 Å². The third kappa shape index (κ3) is 5.93. The van der Waals surface area contributed by atoms with Gasteiger partial charge >= 0.3 is 0 Å². The minimum Gasteiger partial charge on any atom is -0.516 e. The lowest BCUT2D eigenvalue weighted by molar-refractivity contribution is 0.182. The average molecular weight is 359 g/mol. The van der Waals surface area contributed by atoms with Gasteiger partial charge in [0, 0.05) is 34.3 Å². The van der Waals surface area contributed by atoms with Gasteiger partial charge < -0.3 is 25.0 Å². The average Bonchev–Trinajstić information content (AvgIpc) is 3.01. The van der Waals surface area contributed by atoms with Gasteiger partial charge in [-0.05, 0) is 29.7 Å². The molecule has 1 rings (SSSR count). The zero-order valence-corrected chi connectivity index (χ0v) is 15.8. The van der Waals surface area contributed by atoms with E-state index in [0.29, 0.717) is 31.4 Å². The fourth-order valence-corrected chi connectivity index (χ4v) is 2.38. The van der Waals surface area contributed by atoms with Crippen LogP contribution in [-0.2, 0) is 4.74 Å². The predicted molar refractivity (Wildman–Crippen MR) is 107 cm³/mol. The Balaban J connectivity index is 3.23. The summed E-state index contributed by atoms with van der Waals surface area (Å²) in [5.74, 6) is 1.53. The molecule has 0 spiro atoms. The van der Waals surface area contributed by atoms with Crippen LogP contribution in [0.1, 0.15) is 6.42 Å². The van der Waals surface area contributed by atoms with Crippen LogP contribution in [0.25, 0.3) is 0 Å². The summed E-state index contributed by atoms with van der Waals surface area (Å²) in [5, 5.41) is 20.4. The van der Waals surface area contributed by atoms with Crippen LogP contribution in [0, 0.1) is 5.41 Å². The minimum absolute atomic E-state index is 0.144. The molecular formula is C19H29N5O2. The van der Waals surface area contributed by atoms with Crippen LogP contribution >= 0.6 is 0 Å². The first kappa shape index (κ1) is 21.2. The number of nitrogens with zero attached hydrogens (tertiary/aromatic N) is 3. The Labute approximate surface area is 155 Å². The van der Waals surface area contributed by atoms with Crippen LogP contribution in [-0.4, -0.2) is 67.6 Å². The fourth-order valence-electron chi connectivity index (χ4n) is 2.38. The molecule has 0 saturated carbocycles. The number of ether oxygens (including phenoxy) is 1. The number of methoxy groups -OCH3 is 1. The van der Waals surface area contributed by atoms with Crippen LogP contribution in [0.2, 0.25) is 0 Å². The SMILES string of the molecule is C=C/C=C(\C=C\O)/C=C1\CCN(C(=C)NC)\C1=N\C(=N)N(C)CCOC. The maximum Gasteiger partial charge on any atom is 0.219 e. The summed E-state index contributed by atoms with van der Waals surface area (Å²) in [4.78, 5) is 8.19. The Morgan fingerprint density at radius 1 is 1.54 bits per heavy atom. The van der Waals surface area contributed by atoms with Crippen molar-refractivity contribution in [2.75, 3.05) is 40.9 Å². The fraction of sp³-hybridized carbons (Fsp3) is 0.368. The Kier molecular flexibility index (Phi) is 8.94. The summed E-state index contributed by atoms with van der Waals surface area (Å²) >= 11 is 0. The van der Waals surface area contributed by atoms with Gasteiger partial charge in [-0.1, -0.05) is 25.3 Å². The molecule has 1 aliphatic rings.